The number of hydrogen-bond donors (Lipinski definition) is 1. The molecule has 2 fully saturated rings. The zero-order valence-electron chi connectivity index (χ0n) is 13.6. The second-order valence-corrected chi connectivity index (χ2v) is 6.98. The fourth-order valence-electron chi connectivity index (χ4n) is 4.64. The quantitative estimate of drug-likeness (QED) is 0.928. The summed E-state index contributed by atoms with van der Waals surface area (Å²) in [5, 5.41) is 12.0. The van der Waals surface area contributed by atoms with Crippen LogP contribution in [0.3, 0.4) is 0 Å². The van der Waals surface area contributed by atoms with E-state index in [0.29, 0.717) is 6.04 Å². The highest BCUT2D eigenvalue weighted by atomic mass is 16.3. The van der Waals surface area contributed by atoms with Gasteiger partial charge in [0, 0.05) is 12.1 Å². The summed E-state index contributed by atoms with van der Waals surface area (Å²) in [5.74, 6) is 0. The Hall–Kier alpha value is -1.64. The van der Waals surface area contributed by atoms with Crippen molar-refractivity contribution in [2.24, 2.45) is 0 Å². The fraction of sp³-hybridized carbons (Fsp3) is 0.429. The van der Waals surface area contributed by atoms with Crippen molar-refractivity contribution in [3.63, 3.8) is 0 Å². The van der Waals surface area contributed by atoms with Gasteiger partial charge in [-0.3, -0.25) is 4.90 Å². The minimum absolute atomic E-state index is 0.178. The van der Waals surface area contributed by atoms with E-state index in [1.54, 1.807) is 0 Å². The lowest BCUT2D eigenvalue weighted by atomic mass is 9.79. The first-order valence-corrected chi connectivity index (χ1v) is 8.89. The first-order valence-electron chi connectivity index (χ1n) is 8.89. The van der Waals surface area contributed by atoms with Crippen LogP contribution in [0.2, 0.25) is 0 Å². The molecule has 23 heavy (non-hydrogen) atoms. The van der Waals surface area contributed by atoms with E-state index >= 15 is 0 Å². The van der Waals surface area contributed by atoms with Gasteiger partial charge in [-0.15, -0.1) is 0 Å². The highest BCUT2D eigenvalue weighted by Crippen LogP contribution is 2.44. The van der Waals surface area contributed by atoms with Gasteiger partial charge < -0.3 is 5.11 Å². The van der Waals surface area contributed by atoms with Crippen LogP contribution in [0.1, 0.15) is 43.2 Å². The first-order chi connectivity index (χ1) is 11.3. The average Bonchev–Trinajstić information content (AvgIpc) is 3.07. The molecule has 2 heteroatoms. The summed E-state index contributed by atoms with van der Waals surface area (Å²) in [4.78, 5) is 2.59. The van der Waals surface area contributed by atoms with Crippen molar-refractivity contribution in [2.75, 3.05) is 6.54 Å². The molecule has 0 saturated carbocycles. The van der Waals surface area contributed by atoms with Gasteiger partial charge in [-0.05, 0) is 43.4 Å². The summed E-state index contributed by atoms with van der Waals surface area (Å²) < 4.78 is 0. The lowest BCUT2D eigenvalue weighted by molar-refractivity contribution is -0.0209. The second-order valence-electron chi connectivity index (χ2n) is 6.98. The van der Waals surface area contributed by atoms with Crippen molar-refractivity contribution in [1.29, 1.82) is 0 Å². The van der Waals surface area contributed by atoms with E-state index < -0.39 is 5.60 Å². The predicted octanol–water partition coefficient (Wildman–Crippen LogP) is 3.94. The Kier molecular flexibility index (Phi) is 3.96. The van der Waals surface area contributed by atoms with Crippen LogP contribution in [0.5, 0.6) is 0 Å². The van der Waals surface area contributed by atoms with Crippen LogP contribution in [0.25, 0.3) is 0 Å². The zero-order chi connectivity index (χ0) is 15.7. The molecule has 4 rings (SSSR count). The number of hydrogen-bond acceptors (Lipinski definition) is 2. The van der Waals surface area contributed by atoms with Crippen molar-refractivity contribution in [2.45, 2.75) is 49.8 Å². The smallest absolute Gasteiger partial charge is 0.130 e. The minimum atomic E-state index is -0.922. The Morgan fingerprint density at radius 1 is 0.783 bits per heavy atom. The SMILES string of the molecule is OC(c1ccccc1)(c1ccccc1)[C@@H]1CC[C@@H]2CCCCN21. The molecule has 0 spiro atoms. The van der Waals surface area contributed by atoms with Gasteiger partial charge in [0.1, 0.15) is 5.60 Å². The summed E-state index contributed by atoms with van der Waals surface area (Å²) in [6.45, 7) is 1.12. The summed E-state index contributed by atoms with van der Waals surface area (Å²) in [7, 11) is 0. The highest BCUT2D eigenvalue weighted by molar-refractivity contribution is 5.38. The number of benzene rings is 2. The summed E-state index contributed by atoms with van der Waals surface area (Å²) in [6, 6.07) is 21.3. The van der Waals surface area contributed by atoms with Crippen LogP contribution in [0.4, 0.5) is 0 Å². The maximum absolute atomic E-state index is 12.0. The van der Waals surface area contributed by atoms with Gasteiger partial charge in [0.25, 0.3) is 0 Å². The van der Waals surface area contributed by atoms with Gasteiger partial charge in [-0.2, -0.15) is 0 Å². The molecule has 2 atom stereocenters. The summed E-state index contributed by atoms with van der Waals surface area (Å²) in [6.07, 6.45) is 6.17. The zero-order valence-corrected chi connectivity index (χ0v) is 13.6. The van der Waals surface area contributed by atoms with Gasteiger partial charge in [0.2, 0.25) is 0 Å². The molecule has 2 nitrogen and oxygen atoms in total. The molecule has 2 aliphatic rings. The molecule has 1 N–H and O–H groups in total. The highest BCUT2D eigenvalue weighted by Gasteiger charge is 2.48. The van der Waals surface area contributed by atoms with Crippen LogP contribution in [0.15, 0.2) is 60.7 Å². The van der Waals surface area contributed by atoms with Crippen LogP contribution in [-0.4, -0.2) is 28.6 Å². The van der Waals surface area contributed by atoms with E-state index in [-0.39, 0.29) is 6.04 Å². The number of piperidine rings is 1. The molecule has 2 saturated heterocycles. The van der Waals surface area contributed by atoms with E-state index in [2.05, 4.69) is 29.2 Å². The molecule has 0 aliphatic carbocycles. The van der Waals surface area contributed by atoms with Gasteiger partial charge in [0.15, 0.2) is 0 Å². The molecule has 120 valence electrons. The Morgan fingerprint density at radius 2 is 1.39 bits per heavy atom. The predicted molar refractivity (Wildman–Crippen MR) is 93.2 cm³/mol. The Balaban J connectivity index is 1.80. The number of nitrogens with zero attached hydrogens (tertiary/aromatic N) is 1. The largest absolute Gasteiger partial charge is 0.379 e. The Morgan fingerprint density at radius 3 is 2.00 bits per heavy atom. The molecule has 0 unspecified atom stereocenters. The molecule has 0 amide bonds. The Labute approximate surface area is 138 Å². The van der Waals surface area contributed by atoms with Gasteiger partial charge >= 0.3 is 0 Å². The van der Waals surface area contributed by atoms with E-state index in [9.17, 15) is 5.11 Å². The number of aliphatic hydroxyl groups is 1. The molecule has 2 aromatic rings. The van der Waals surface area contributed by atoms with Crippen LogP contribution >= 0.6 is 0 Å². The van der Waals surface area contributed by atoms with Crippen molar-refractivity contribution >= 4 is 0 Å². The molecule has 0 radical (unpaired) electrons. The van der Waals surface area contributed by atoms with Gasteiger partial charge in [-0.25, -0.2) is 0 Å². The molecule has 0 bridgehead atoms. The second kappa shape index (κ2) is 6.10. The summed E-state index contributed by atoms with van der Waals surface area (Å²) in [5.41, 5.74) is 1.11. The molecule has 2 heterocycles. The fourth-order valence-corrected chi connectivity index (χ4v) is 4.64. The van der Waals surface area contributed by atoms with Crippen molar-refractivity contribution < 1.29 is 5.11 Å². The third-order valence-corrected chi connectivity index (χ3v) is 5.76. The van der Waals surface area contributed by atoms with Gasteiger partial charge in [0.05, 0.1) is 0 Å². The van der Waals surface area contributed by atoms with Crippen LogP contribution in [0, 0.1) is 0 Å². The molecule has 2 aromatic carbocycles. The average molecular weight is 307 g/mol. The third-order valence-electron chi connectivity index (χ3n) is 5.76. The number of fused-ring (bicyclic) bond motifs is 1. The monoisotopic (exact) mass is 307 g/mol. The normalized spacial score (nSPS) is 25.3. The lowest BCUT2D eigenvalue weighted by Crippen LogP contribution is -2.51. The molecule has 2 aliphatic heterocycles. The maximum atomic E-state index is 12.0. The molecular formula is C21H25NO. The number of rotatable bonds is 3. The van der Waals surface area contributed by atoms with Crippen molar-refractivity contribution in [3.8, 4) is 0 Å². The van der Waals surface area contributed by atoms with Crippen molar-refractivity contribution in [3.05, 3.63) is 71.8 Å². The van der Waals surface area contributed by atoms with E-state index in [1.165, 1.54) is 25.7 Å². The van der Waals surface area contributed by atoms with Crippen molar-refractivity contribution in [1.82, 2.24) is 4.90 Å². The molecule has 0 aromatic heterocycles. The maximum Gasteiger partial charge on any atom is 0.130 e. The first kappa shape index (κ1) is 14.9. The van der Waals surface area contributed by atoms with E-state index in [0.717, 1.165) is 24.1 Å². The lowest BCUT2D eigenvalue weighted by Gasteiger charge is -2.43. The van der Waals surface area contributed by atoms with E-state index in [4.69, 9.17) is 0 Å². The van der Waals surface area contributed by atoms with Crippen LogP contribution in [-0.2, 0) is 5.60 Å². The molecular weight excluding hydrogens is 282 g/mol. The summed E-state index contributed by atoms with van der Waals surface area (Å²) >= 11 is 0. The van der Waals surface area contributed by atoms with Gasteiger partial charge in [-0.1, -0.05) is 67.1 Å². The van der Waals surface area contributed by atoms with E-state index in [1.807, 2.05) is 36.4 Å². The standard InChI is InChI=1S/C21H25NO/c23-21(17-9-3-1-4-10-17,18-11-5-2-6-12-18)20-15-14-19-13-7-8-16-22(19)20/h1-6,9-12,19-20,23H,7-8,13-16H2/t19-,20-/m0/s1. The van der Waals surface area contributed by atoms with Crippen LogP contribution < -0.4 is 0 Å². The topological polar surface area (TPSA) is 23.5 Å². The Bertz CT molecular complexity index is 600. The minimum Gasteiger partial charge on any atom is -0.379 e. The third kappa shape index (κ3) is 2.50.